The number of nitrogens with one attached hydrogen (secondary N) is 1. The summed E-state index contributed by atoms with van der Waals surface area (Å²) >= 11 is 8.72. The van der Waals surface area contributed by atoms with Gasteiger partial charge in [-0.1, -0.05) is 15.9 Å². The van der Waals surface area contributed by atoms with Crippen LogP contribution in [0.2, 0.25) is 0 Å². The maximum absolute atomic E-state index is 11.7. The van der Waals surface area contributed by atoms with Gasteiger partial charge < -0.3 is 4.74 Å². The molecular formula is C9H7BrClNO2. The number of ether oxygens (including phenoxy) is 1. The van der Waals surface area contributed by atoms with Gasteiger partial charge in [-0.05, 0) is 30.0 Å². The fourth-order valence-corrected chi connectivity index (χ4v) is 1.84. The normalized spacial score (nSPS) is 20.1. The zero-order valence-corrected chi connectivity index (χ0v) is 9.43. The van der Waals surface area contributed by atoms with Crippen molar-refractivity contribution in [2.45, 2.75) is 6.04 Å². The van der Waals surface area contributed by atoms with Crippen LogP contribution in [0.5, 0.6) is 5.75 Å². The highest BCUT2D eigenvalue weighted by Crippen LogP contribution is 2.28. The van der Waals surface area contributed by atoms with E-state index in [1.54, 1.807) is 18.2 Å². The number of fused-ring (bicyclic) bond motifs is 1. The smallest absolute Gasteiger partial charge is 0.188 e. The predicted octanol–water partition coefficient (Wildman–Crippen LogP) is 2.14. The molecule has 1 N–H and O–H groups in total. The predicted molar refractivity (Wildman–Crippen MR) is 56.7 cm³/mol. The molecule has 0 amide bonds. The molecule has 0 spiro atoms. The summed E-state index contributed by atoms with van der Waals surface area (Å²) in [6.07, 6.45) is 0. The summed E-state index contributed by atoms with van der Waals surface area (Å²) in [5.41, 5.74) is 0.567. The maximum Gasteiger partial charge on any atom is 0.188 e. The van der Waals surface area contributed by atoms with Crippen molar-refractivity contribution in [1.29, 1.82) is 0 Å². The Hall–Kier alpha value is -0.580. The van der Waals surface area contributed by atoms with E-state index in [0.717, 1.165) is 4.47 Å². The highest BCUT2D eigenvalue weighted by molar-refractivity contribution is 9.10. The minimum Gasteiger partial charge on any atom is -0.491 e. The fourth-order valence-electron chi connectivity index (χ4n) is 1.34. The first-order chi connectivity index (χ1) is 6.72. The zero-order valence-electron chi connectivity index (χ0n) is 7.09. The second-order valence-electron chi connectivity index (χ2n) is 2.98. The molecular weight excluding hydrogens is 269 g/mol. The van der Waals surface area contributed by atoms with Gasteiger partial charge in [0.25, 0.3) is 0 Å². The van der Waals surface area contributed by atoms with Crippen LogP contribution >= 0.6 is 27.7 Å². The van der Waals surface area contributed by atoms with Crippen LogP contribution in [0.4, 0.5) is 0 Å². The lowest BCUT2D eigenvalue weighted by Gasteiger charge is -2.22. The van der Waals surface area contributed by atoms with Gasteiger partial charge in [0.15, 0.2) is 5.78 Å². The topological polar surface area (TPSA) is 38.3 Å². The van der Waals surface area contributed by atoms with Crippen molar-refractivity contribution in [3.8, 4) is 5.75 Å². The van der Waals surface area contributed by atoms with Crippen LogP contribution in [-0.2, 0) is 0 Å². The molecule has 0 saturated heterocycles. The van der Waals surface area contributed by atoms with Crippen LogP contribution in [0, 0.1) is 0 Å². The molecule has 74 valence electrons. The minimum atomic E-state index is -0.453. The molecule has 1 aliphatic heterocycles. The first-order valence-corrected chi connectivity index (χ1v) is 5.22. The van der Waals surface area contributed by atoms with Crippen molar-refractivity contribution in [3.05, 3.63) is 28.2 Å². The van der Waals surface area contributed by atoms with E-state index in [9.17, 15) is 4.79 Å². The van der Waals surface area contributed by atoms with Crippen molar-refractivity contribution in [2.75, 3.05) is 6.61 Å². The van der Waals surface area contributed by atoms with E-state index >= 15 is 0 Å². The van der Waals surface area contributed by atoms with Gasteiger partial charge in [0.2, 0.25) is 0 Å². The molecule has 0 fully saturated rings. The van der Waals surface area contributed by atoms with Crippen molar-refractivity contribution in [2.24, 2.45) is 0 Å². The Morgan fingerprint density at radius 2 is 2.36 bits per heavy atom. The van der Waals surface area contributed by atoms with Crippen LogP contribution < -0.4 is 9.57 Å². The molecule has 1 aromatic rings. The second-order valence-corrected chi connectivity index (χ2v) is 4.11. The Labute approximate surface area is 94.6 Å². The number of halogens is 2. The van der Waals surface area contributed by atoms with Crippen LogP contribution in [-0.4, -0.2) is 18.4 Å². The van der Waals surface area contributed by atoms with E-state index in [1.807, 2.05) is 0 Å². The van der Waals surface area contributed by atoms with Gasteiger partial charge in [-0.3, -0.25) is 4.79 Å². The molecule has 1 unspecified atom stereocenters. The van der Waals surface area contributed by atoms with Crippen molar-refractivity contribution < 1.29 is 9.53 Å². The molecule has 0 aromatic heterocycles. The van der Waals surface area contributed by atoms with E-state index in [4.69, 9.17) is 16.5 Å². The molecule has 1 heterocycles. The molecule has 1 aromatic carbocycles. The largest absolute Gasteiger partial charge is 0.491 e. The van der Waals surface area contributed by atoms with E-state index in [-0.39, 0.29) is 12.4 Å². The van der Waals surface area contributed by atoms with Gasteiger partial charge in [-0.25, -0.2) is 4.84 Å². The average molecular weight is 277 g/mol. The Morgan fingerprint density at radius 1 is 1.57 bits per heavy atom. The summed E-state index contributed by atoms with van der Waals surface area (Å²) in [5, 5.41) is 0. The van der Waals surface area contributed by atoms with E-state index in [2.05, 4.69) is 20.8 Å². The number of hydrogen-bond acceptors (Lipinski definition) is 3. The van der Waals surface area contributed by atoms with Gasteiger partial charge >= 0.3 is 0 Å². The Morgan fingerprint density at radius 3 is 3.07 bits per heavy atom. The number of carbonyl (C=O) groups excluding carboxylic acids is 1. The van der Waals surface area contributed by atoms with Crippen molar-refractivity contribution >= 4 is 33.5 Å². The average Bonchev–Trinajstić information content (AvgIpc) is 2.18. The fraction of sp³-hybridized carbons (Fsp3) is 0.222. The Bertz CT molecular complexity index is 383. The van der Waals surface area contributed by atoms with Crippen molar-refractivity contribution in [3.63, 3.8) is 0 Å². The van der Waals surface area contributed by atoms with Crippen LogP contribution in [0.15, 0.2) is 22.7 Å². The number of benzene rings is 1. The SMILES string of the molecule is O=C1c2ccc(Br)cc2OCC1NCl. The Kier molecular flexibility index (Phi) is 2.76. The third-order valence-corrected chi connectivity index (χ3v) is 2.82. The van der Waals surface area contributed by atoms with E-state index in [1.165, 1.54) is 0 Å². The molecule has 1 aliphatic rings. The molecule has 1 atom stereocenters. The summed E-state index contributed by atoms with van der Waals surface area (Å²) in [4.78, 5) is 14.1. The lowest BCUT2D eigenvalue weighted by molar-refractivity contribution is 0.0889. The quantitative estimate of drug-likeness (QED) is 0.799. The molecule has 0 saturated carbocycles. The molecule has 2 rings (SSSR count). The summed E-state index contributed by atoms with van der Waals surface area (Å²) < 4.78 is 6.27. The Balaban J connectivity index is 2.41. The van der Waals surface area contributed by atoms with Gasteiger partial charge in [0.1, 0.15) is 18.4 Å². The minimum absolute atomic E-state index is 0.0336. The summed E-state index contributed by atoms with van der Waals surface area (Å²) in [5.74, 6) is 0.571. The summed E-state index contributed by atoms with van der Waals surface area (Å²) in [6, 6.07) is 4.85. The van der Waals surface area contributed by atoms with Gasteiger partial charge in [0.05, 0.1) is 5.56 Å². The number of rotatable bonds is 1. The first-order valence-electron chi connectivity index (χ1n) is 4.05. The van der Waals surface area contributed by atoms with Crippen LogP contribution in [0.1, 0.15) is 10.4 Å². The lowest BCUT2D eigenvalue weighted by Crippen LogP contribution is -2.40. The number of hydrogen-bond donors (Lipinski definition) is 1. The highest BCUT2D eigenvalue weighted by atomic mass is 79.9. The molecule has 0 bridgehead atoms. The van der Waals surface area contributed by atoms with Gasteiger partial charge in [0, 0.05) is 4.47 Å². The summed E-state index contributed by atoms with van der Waals surface area (Å²) in [6.45, 7) is 0.270. The summed E-state index contributed by atoms with van der Waals surface area (Å²) in [7, 11) is 0. The van der Waals surface area contributed by atoms with E-state index in [0.29, 0.717) is 11.3 Å². The second kappa shape index (κ2) is 3.88. The molecule has 0 radical (unpaired) electrons. The highest BCUT2D eigenvalue weighted by Gasteiger charge is 2.27. The lowest BCUT2D eigenvalue weighted by atomic mass is 10.0. The monoisotopic (exact) mass is 275 g/mol. The standard InChI is InChI=1S/C9H7BrClNO2/c10-5-1-2-6-8(3-5)14-4-7(12-11)9(6)13/h1-3,7,12H,4H2. The molecule has 0 aliphatic carbocycles. The molecule has 14 heavy (non-hydrogen) atoms. The first kappa shape index (κ1) is 9.96. The maximum atomic E-state index is 11.7. The van der Waals surface area contributed by atoms with Gasteiger partial charge in [-0.15, -0.1) is 0 Å². The van der Waals surface area contributed by atoms with Gasteiger partial charge in [-0.2, -0.15) is 0 Å². The van der Waals surface area contributed by atoms with Crippen molar-refractivity contribution in [1.82, 2.24) is 4.84 Å². The third kappa shape index (κ3) is 1.65. The van der Waals surface area contributed by atoms with Crippen LogP contribution in [0.25, 0.3) is 0 Å². The van der Waals surface area contributed by atoms with Crippen LogP contribution in [0.3, 0.4) is 0 Å². The van der Waals surface area contributed by atoms with E-state index < -0.39 is 6.04 Å². The number of Topliss-reactive ketones (excluding diaryl/α,β-unsaturated/α-hetero) is 1. The number of ketones is 1. The third-order valence-electron chi connectivity index (χ3n) is 2.06. The zero-order chi connectivity index (χ0) is 10.1. The molecule has 3 nitrogen and oxygen atoms in total. The molecule has 5 heteroatoms. The number of carbonyl (C=O) groups is 1.